The molecule has 0 aliphatic heterocycles. The third kappa shape index (κ3) is 4.39. The van der Waals surface area contributed by atoms with Gasteiger partial charge in [0, 0.05) is 6.42 Å². The van der Waals surface area contributed by atoms with Crippen LogP contribution < -0.4 is 4.72 Å². The zero-order valence-electron chi connectivity index (χ0n) is 20.6. The number of carbonyl (C=O) groups excluding carboxylic acids is 1. The molecule has 4 saturated carbocycles. The van der Waals surface area contributed by atoms with E-state index in [2.05, 4.69) is 18.6 Å². The summed E-state index contributed by atoms with van der Waals surface area (Å²) < 4.78 is 16.6. The fourth-order valence-corrected chi connectivity index (χ4v) is 9.72. The molecule has 7 unspecified atom stereocenters. The number of nitrogens with one attached hydrogen (secondary N) is 1. The highest BCUT2D eigenvalue weighted by Gasteiger charge is 2.59. The lowest BCUT2D eigenvalue weighted by Gasteiger charge is -2.60. The van der Waals surface area contributed by atoms with E-state index in [9.17, 15) is 9.18 Å². The lowest BCUT2D eigenvalue weighted by Crippen LogP contribution is -2.52. The van der Waals surface area contributed by atoms with E-state index in [1.54, 1.807) is 18.2 Å². The maximum Gasteiger partial charge on any atom is 0.230 e. The molecule has 4 aliphatic rings. The minimum Gasteiger partial charge on any atom is -0.296 e. The Morgan fingerprint density at radius 1 is 1.00 bits per heavy atom. The molecule has 4 aliphatic carbocycles. The van der Waals surface area contributed by atoms with E-state index >= 15 is 0 Å². The summed E-state index contributed by atoms with van der Waals surface area (Å²) in [6, 6.07) is 6.61. The van der Waals surface area contributed by atoms with Crippen LogP contribution in [-0.4, -0.2) is 5.91 Å². The van der Waals surface area contributed by atoms with Crippen molar-refractivity contribution in [3.63, 3.8) is 0 Å². The normalized spacial score (nSPS) is 39.9. The van der Waals surface area contributed by atoms with Crippen LogP contribution in [0, 0.1) is 46.2 Å². The topological polar surface area (TPSA) is 29.1 Å². The first-order valence-electron chi connectivity index (χ1n) is 13.6. The zero-order valence-corrected chi connectivity index (χ0v) is 21.4. The molecular weight excluding hydrogens is 429 g/mol. The monoisotopic (exact) mass is 471 g/mol. The Morgan fingerprint density at radius 3 is 2.67 bits per heavy atom. The van der Waals surface area contributed by atoms with Crippen molar-refractivity contribution in [3.8, 4) is 0 Å². The van der Waals surface area contributed by atoms with Gasteiger partial charge in [-0.15, -0.1) is 0 Å². The van der Waals surface area contributed by atoms with Gasteiger partial charge in [0.15, 0.2) is 0 Å². The molecule has 5 rings (SSSR count). The molecule has 0 heterocycles. The Labute approximate surface area is 204 Å². The summed E-state index contributed by atoms with van der Waals surface area (Å²) >= 11 is 1.10. The SMILES string of the molecule is CC12CCCCC1CCC1C2CCC2(C)C(CCCC(=O)NSc3ccccc3F)CCC12. The molecule has 7 atom stereocenters. The van der Waals surface area contributed by atoms with Gasteiger partial charge in [-0.25, -0.2) is 4.39 Å². The summed E-state index contributed by atoms with van der Waals surface area (Å²) in [6.07, 6.45) is 17.1. The molecule has 1 aromatic rings. The second kappa shape index (κ2) is 9.55. The lowest BCUT2D eigenvalue weighted by atomic mass is 9.45. The molecule has 182 valence electrons. The third-order valence-corrected chi connectivity index (χ3v) is 11.7. The molecule has 0 saturated heterocycles. The van der Waals surface area contributed by atoms with Gasteiger partial charge in [0.2, 0.25) is 5.91 Å². The second-order valence-corrected chi connectivity index (χ2v) is 13.0. The molecule has 2 nitrogen and oxygen atoms in total. The van der Waals surface area contributed by atoms with Crippen molar-refractivity contribution in [1.29, 1.82) is 0 Å². The highest BCUT2D eigenvalue weighted by Crippen LogP contribution is 2.67. The summed E-state index contributed by atoms with van der Waals surface area (Å²) in [5.74, 6) is 4.34. The molecule has 0 spiro atoms. The number of halogens is 1. The maximum atomic E-state index is 13.8. The van der Waals surface area contributed by atoms with Gasteiger partial charge in [0.25, 0.3) is 0 Å². The predicted molar refractivity (Wildman–Crippen MR) is 134 cm³/mol. The number of carbonyl (C=O) groups is 1. The van der Waals surface area contributed by atoms with Crippen LogP contribution in [0.25, 0.3) is 0 Å². The Morgan fingerprint density at radius 2 is 1.82 bits per heavy atom. The smallest absolute Gasteiger partial charge is 0.230 e. The maximum absolute atomic E-state index is 13.8. The van der Waals surface area contributed by atoms with Crippen molar-refractivity contribution in [3.05, 3.63) is 30.1 Å². The van der Waals surface area contributed by atoms with Gasteiger partial charge >= 0.3 is 0 Å². The van der Waals surface area contributed by atoms with Crippen LogP contribution in [0.3, 0.4) is 0 Å². The molecule has 33 heavy (non-hydrogen) atoms. The number of benzene rings is 1. The van der Waals surface area contributed by atoms with E-state index in [0.717, 1.165) is 48.0 Å². The molecule has 4 fully saturated rings. The van der Waals surface area contributed by atoms with Crippen LogP contribution in [0.2, 0.25) is 0 Å². The van der Waals surface area contributed by atoms with E-state index in [-0.39, 0.29) is 11.7 Å². The van der Waals surface area contributed by atoms with Gasteiger partial charge in [-0.1, -0.05) is 38.8 Å². The average Bonchev–Trinajstić information content (AvgIpc) is 3.14. The van der Waals surface area contributed by atoms with Gasteiger partial charge in [-0.3, -0.25) is 9.52 Å². The average molecular weight is 472 g/mol. The molecule has 1 amide bonds. The Balaban J connectivity index is 1.14. The highest BCUT2D eigenvalue weighted by atomic mass is 32.2. The number of amides is 1. The fourth-order valence-electron chi connectivity index (χ4n) is 9.08. The molecule has 0 aromatic heterocycles. The van der Waals surface area contributed by atoms with Crippen molar-refractivity contribution < 1.29 is 9.18 Å². The first-order valence-corrected chi connectivity index (χ1v) is 14.4. The van der Waals surface area contributed by atoms with Gasteiger partial charge in [-0.2, -0.15) is 0 Å². The predicted octanol–water partition coefficient (Wildman–Crippen LogP) is 8.17. The van der Waals surface area contributed by atoms with Gasteiger partial charge in [-0.05, 0) is 129 Å². The molecule has 1 N–H and O–H groups in total. The number of hydrogen-bond donors (Lipinski definition) is 1. The van der Waals surface area contributed by atoms with E-state index < -0.39 is 0 Å². The summed E-state index contributed by atoms with van der Waals surface area (Å²) in [5.41, 5.74) is 1.10. The summed E-state index contributed by atoms with van der Waals surface area (Å²) in [6.45, 7) is 5.27. The Hall–Kier alpha value is -1.03. The first kappa shape index (κ1) is 23.7. The fraction of sp³-hybridized carbons (Fsp3) is 0.759. The van der Waals surface area contributed by atoms with Gasteiger partial charge in [0.1, 0.15) is 5.82 Å². The van der Waals surface area contributed by atoms with Gasteiger partial charge in [0.05, 0.1) is 4.90 Å². The standard InChI is InChI=1S/C29H42FNOS/c1-28-18-6-5-8-20(28)13-15-22-23-16-14-21(29(23,2)19-17-24(22)28)9-7-12-27(32)31-33-26-11-4-3-10-25(26)30/h3-4,10-11,20-24H,5-9,12-19H2,1-2H3,(H,31,32). The summed E-state index contributed by atoms with van der Waals surface area (Å²) in [7, 11) is 0. The van der Waals surface area contributed by atoms with Gasteiger partial charge < -0.3 is 0 Å². The zero-order chi connectivity index (χ0) is 23.1. The van der Waals surface area contributed by atoms with Crippen molar-refractivity contribution >= 4 is 17.9 Å². The van der Waals surface area contributed by atoms with Crippen LogP contribution >= 0.6 is 11.9 Å². The van der Waals surface area contributed by atoms with Crippen LogP contribution in [0.1, 0.15) is 97.3 Å². The number of rotatable bonds is 6. The highest BCUT2D eigenvalue weighted by molar-refractivity contribution is 7.98. The van der Waals surface area contributed by atoms with Crippen molar-refractivity contribution in [2.75, 3.05) is 0 Å². The second-order valence-electron chi connectivity index (χ2n) is 12.2. The van der Waals surface area contributed by atoms with E-state index in [1.807, 2.05) is 0 Å². The van der Waals surface area contributed by atoms with Crippen molar-refractivity contribution in [1.82, 2.24) is 4.72 Å². The summed E-state index contributed by atoms with van der Waals surface area (Å²) in [4.78, 5) is 12.8. The Kier molecular flexibility index (Phi) is 6.86. The molecule has 1 aromatic carbocycles. The number of fused-ring (bicyclic) bond motifs is 5. The van der Waals surface area contributed by atoms with E-state index in [0.29, 0.717) is 22.1 Å². The van der Waals surface area contributed by atoms with E-state index in [1.165, 1.54) is 76.7 Å². The van der Waals surface area contributed by atoms with Crippen LogP contribution in [0.4, 0.5) is 4.39 Å². The molecule has 4 heteroatoms. The summed E-state index contributed by atoms with van der Waals surface area (Å²) in [5, 5.41) is 0. The Bertz CT molecular complexity index is 860. The molecular formula is C29H42FNOS. The van der Waals surface area contributed by atoms with E-state index in [4.69, 9.17) is 0 Å². The van der Waals surface area contributed by atoms with Crippen LogP contribution in [0.15, 0.2) is 29.2 Å². The lowest BCUT2D eigenvalue weighted by molar-refractivity contribution is -0.119. The molecule has 0 radical (unpaired) electrons. The quantitative estimate of drug-likeness (QED) is 0.424. The van der Waals surface area contributed by atoms with Crippen LogP contribution in [-0.2, 0) is 4.79 Å². The number of hydrogen-bond acceptors (Lipinski definition) is 2. The minimum atomic E-state index is -0.278. The van der Waals surface area contributed by atoms with Crippen LogP contribution in [0.5, 0.6) is 0 Å². The largest absolute Gasteiger partial charge is 0.296 e. The third-order valence-electron chi connectivity index (χ3n) is 10.8. The van der Waals surface area contributed by atoms with Crippen molar-refractivity contribution in [2.24, 2.45) is 40.4 Å². The van der Waals surface area contributed by atoms with Crippen molar-refractivity contribution in [2.45, 2.75) is 102 Å². The first-order chi connectivity index (χ1) is 15.9. The minimum absolute atomic E-state index is 0.0233. The molecule has 0 bridgehead atoms.